The van der Waals surface area contributed by atoms with Gasteiger partial charge < -0.3 is 8.98 Å². The van der Waals surface area contributed by atoms with E-state index in [0.717, 1.165) is 71.3 Å². The first-order chi connectivity index (χ1) is 31.3. The topological polar surface area (TPSA) is 56.7 Å². The number of aromatic nitrogens is 4. The van der Waals surface area contributed by atoms with Gasteiger partial charge in [0.25, 0.3) is 0 Å². The van der Waals surface area contributed by atoms with Crippen LogP contribution in [0.5, 0.6) is 0 Å². The minimum absolute atomic E-state index is 0. The Morgan fingerprint density at radius 1 is 0.703 bits per heavy atom. The van der Waals surface area contributed by atoms with Gasteiger partial charge in [0.15, 0.2) is 0 Å². The largest absolute Gasteiger partial charge is 0 e. The number of hydrogen-bond donors (Lipinski definition) is 0. The van der Waals surface area contributed by atoms with E-state index in [2.05, 4.69) is 126 Å². The first-order valence-electron chi connectivity index (χ1n) is 22.7. The van der Waals surface area contributed by atoms with Gasteiger partial charge in [0.1, 0.15) is 5.58 Å². The Bertz CT molecular complexity index is 3260. The molecule has 0 aliphatic heterocycles. The minimum Gasteiger partial charge on any atom is 0 e. The van der Waals surface area contributed by atoms with Crippen molar-refractivity contribution in [3.63, 3.8) is 0 Å². The maximum absolute atomic E-state index is 8.85. The molecule has 4 aromatic heterocycles. The van der Waals surface area contributed by atoms with Crippen LogP contribution in [0.25, 0.3) is 72.4 Å². The molecule has 10 aromatic rings. The fraction of sp³-hybridized carbons (Fsp3) is 0.175. The molecule has 0 spiro atoms. The number of pyridine rings is 2. The van der Waals surface area contributed by atoms with E-state index in [4.69, 9.17) is 12.1 Å². The molecule has 0 unspecified atom stereocenters. The predicted molar refractivity (Wildman–Crippen MR) is 265 cm³/mol. The average Bonchev–Trinajstić information content (AvgIpc) is 3.90. The van der Waals surface area contributed by atoms with Gasteiger partial charge in [-0.25, -0.2) is 0 Å². The molecule has 321 valence electrons. The second-order valence-corrected chi connectivity index (χ2v) is 28.2. The number of furan rings is 1. The van der Waals surface area contributed by atoms with Gasteiger partial charge in [-0.05, 0) is 58.4 Å². The summed E-state index contributed by atoms with van der Waals surface area (Å²) in [6, 6.07) is 55.2. The molecule has 0 aliphatic carbocycles. The number of hydrogen-bond acceptors (Lipinski definition) is 4. The number of rotatable bonds is 9. The van der Waals surface area contributed by atoms with E-state index in [0.29, 0.717) is 5.56 Å². The van der Waals surface area contributed by atoms with Crippen molar-refractivity contribution in [3.05, 3.63) is 199 Å². The second-order valence-electron chi connectivity index (χ2n) is 17.6. The zero-order valence-electron chi connectivity index (χ0n) is 39.3. The molecule has 0 bridgehead atoms. The third-order valence-electron chi connectivity index (χ3n) is 11.5. The minimum atomic E-state index is -2.30. The van der Waals surface area contributed by atoms with Crippen LogP contribution >= 0.6 is 0 Å². The van der Waals surface area contributed by atoms with Crippen LogP contribution in [0.3, 0.4) is 0 Å². The SMILES string of the molecule is CC(C)c1cc(-c2ccccc2)cc(C(C)C)c1-n1c(-c2[c-]ccc3c2oc2ccccc23)nc2ccncc21.[2H]C([2H])(c1ccccc1)c1cc(-c2[c-]cccc2)nc[c]1[Ge]([CH3])([CH3])[CH3].[Ir]. The van der Waals surface area contributed by atoms with Gasteiger partial charge in [-0.15, -0.1) is 18.2 Å². The Morgan fingerprint density at radius 3 is 2.08 bits per heavy atom. The summed E-state index contributed by atoms with van der Waals surface area (Å²) in [5.41, 5.74) is 13.6. The zero-order chi connectivity index (χ0) is 45.5. The summed E-state index contributed by atoms with van der Waals surface area (Å²) in [5.74, 6) is 8.19. The van der Waals surface area contributed by atoms with E-state index in [1.54, 1.807) is 6.20 Å². The molecule has 0 saturated carbocycles. The van der Waals surface area contributed by atoms with Crippen LogP contribution in [0.1, 0.15) is 64.5 Å². The normalized spacial score (nSPS) is 12.3. The smallest absolute Gasteiger partial charge is 0 e. The molecule has 5 nitrogen and oxygen atoms in total. The molecule has 0 amide bonds. The van der Waals surface area contributed by atoms with Crippen molar-refractivity contribution in [1.82, 2.24) is 19.5 Å². The molecule has 1 radical (unpaired) electrons. The standard InChI is InChI=1S/C36H30N3O.C21H22GeN.Ir/c1-22(2)29-19-25(24-11-6-5-7-12-24)20-30(23(3)4)34(29)39-32-21-37-18-17-31(32)38-36(39)28-15-10-14-27-26-13-8-9-16-33(26)40-35(27)28;1-22(2,3)20-16-23-21(18-12-8-5-9-13-18)15-19(20)14-17-10-6-4-7-11-17;/h5-14,16-23H,1-4H3;4-12,15-16H,14H2,1-3H3;/q2*-1;/i;14D2;. The maximum Gasteiger partial charge on any atom is 0 e. The molecule has 6 aromatic carbocycles. The van der Waals surface area contributed by atoms with Crippen molar-refractivity contribution in [2.75, 3.05) is 0 Å². The third kappa shape index (κ3) is 9.05. The Labute approximate surface area is 396 Å². The summed E-state index contributed by atoms with van der Waals surface area (Å²) in [4.78, 5) is 14.3. The fourth-order valence-electron chi connectivity index (χ4n) is 8.32. The Morgan fingerprint density at radius 2 is 1.39 bits per heavy atom. The zero-order valence-corrected chi connectivity index (χ0v) is 41.8. The van der Waals surface area contributed by atoms with Gasteiger partial charge in [0.2, 0.25) is 0 Å². The first kappa shape index (κ1) is 42.1. The van der Waals surface area contributed by atoms with Crippen molar-refractivity contribution in [3.8, 4) is 39.5 Å². The van der Waals surface area contributed by atoms with Gasteiger partial charge in [0, 0.05) is 37.4 Å². The van der Waals surface area contributed by atoms with Crippen LogP contribution in [0.4, 0.5) is 0 Å². The Hall–Kier alpha value is -5.92. The second kappa shape index (κ2) is 19.0. The van der Waals surface area contributed by atoms with Crippen LogP contribution in [-0.2, 0) is 26.5 Å². The molecule has 0 N–H and O–H groups in total. The molecule has 64 heavy (non-hydrogen) atoms. The molecule has 10 rings (SSSR count). The van der Waals surface area contributed by atoms with E-state index < -0.39 is 19.6 Å². The van der Waals surface area contributed by atoms with Crippen molar-refractivity contribution in [1.29, 1.82) is 0 Å². The summed E-state index contributed by atoms with van der Waals surface area (Å²) in [5, 5.41) is 2.16. The van der Waals surface area contributed by atoms with Crippen molar-refractivity contribution >= 4 is 50.6 Å². The van der Waals surface area contributed by atoms with E-state index in [1.165, 1.54) is 22.3 Å². The summed E-state index contributed by atoms with van der Waals surface area (Å²) in [6.07, 6.45) is 4.07. The summed E-state index contributed by atoms with van der Waals surface area (Å²) in [6.45, 7) is 9.06. The molecular weight excluding hydrogens is 1020 g/mol. The van der Waals surface area contributed by atoms with E-state index >= 15 is 0 Å². The summed E-state index contributed by atoms with van der Waals surface area (Å²) in [7, 11) is 0. The molecule has 0 atom stereocenters. The number of para-hydroxylation sites is 1. The quantitative estimate of drug-likeness (QED) is 0.107. The Kier molecular flexibility index (Phi) is 12.5. The summed E-state index contributed by atoms with van der Waals surface area (Å²) >= 11 is -2.30. The molecule has 0 saturated heterocycles. The van der Waals surface area contributed by atoms with Crippen molar-refractivity contribution in [2.45, 2.75) is 63.2 Å². The molecule has 0 fully saturated rings. The van der Waals surface area contributed by atoms with E-state index in [-0.39, 0.29) is 31.9 Å². The molecule has 7 heteroatoms. The van der Waals surface area contributed by atoms with E-state index in [1.807, 2.05) is 103 Å². The number of benzene rings is 6. The predicted octanol–water partition coefficient (Wildman–Crippen LogP) is 14.4. The Balaban J connectivity index is 0.000000197. The van der Waals surface area contributed by atoms with Gasteiger partial charge in [-0.3, -0.25) is 9.97 Å². The number of fused-ring (bicyclic) bond motifs is 4. The van der Waals surface area contributed by atoms with Gasteiger partial charge >= 0.3 is 144 Å². The maximum atomic E-state index is 8.85. The van der Waals surface area contributed by atoms with Crippen LogP contribution in [0.2, 0.25) is 17.3 Å². The van der Waals surface area contributed by atoms with Crippen LogP contribution in [-0.4, -0.2) is 32.8 Å². The molecule has 4 heterocycles. The van der Waals surface area contributed by atoms with Gasteiger partial charge in [-0.1, -0.05) is 87.2 Å². The van der Waals surface area contributed by atoms with E-state index in [9.17, 15) is 0 Å². The first-order valence-corrected chi connectivity index (χ1v) is 29.1. The molecular formula is C57H52GeIrN4O-2. The van der Waals surface area contributed by atoms with Gasteiger partial charge in [-0.2, -0.15) is 0 Å². The monoisotopic (exact) mass is 1080 g/mol. The number of imidazole rings is 1. The summed E-state index contributed by atoms with van der Waals surface area (Å²) < 4.78 is 27.5. The van der Waals surface area contributed by atoms with Crippen molar-refractivity contribution in [2.24, 2.45) is 0 Å². The van der Waals surface area contributed by atoms with Crippen molar-refractivity contribution < 1.29 is 27.3 Å². The van der Waals surface area contributed by atoms with Gasteiger partial charge in [0.05, 0.1) is 28.6 Å². The van der Waals surface area contributed by atoms with Crippen LogP contribution in [0, 0.1) is 12.1 Å². The average molecular weight is 1080 g/mol. The number of nitrogens with zero attached hydrogens (tertiary/aromatic N) is 4. The fourth-order valence-corrected chi connectivity index (χ4v) is 11.2. The third-order valence-corrected chi connectivity index (χ3v) is 15.7. The van der Waals surface area contributed by atoms with Crippen LogP contribution < -0.4 is 4.40 Å². The van der Waals surface area contributed by atoms with Crippen LogP contribution in [0.15, 0.2) is 169 Å². The molecule has 0 aliphatic rings.